The molecule has 2 nitrogen and oxygen atoms in total. The summed E-state index contributed by atoms with van der Waals surface area (Å²) in [5.74, 6) is 0.882. The van der Waals surface area contributed by atoms with Crippen LogP contribution in [0.1, 0.15) is 0 Å². The molecule has 0 aliphatic rings. The largest absolute Gasteiger partial charge is 0.455 e. The first-order valence-corrected chi connectivity index (χ1v) is 19.1. The number of nitrogens with zero attached hydrogens (tertiary/aromatic N) is 1. The fourth-order valence-electron chi connectivity index (χ4n) is 7.93. The van der Waals surface area contributed by atoms with Crippen LogP contribution in [0.4, 0.5) is 17.1 Å². The van der Waals surface area contributed by atoms with Gasteiger partial charge in [0.05, 0.1) is 0 Å². The van der Waals surface area contributed by atoms with Gasteiger partial charge in [-0.25, -0.2) is 0 Å². The minimum absolute atomic E-state index is 0.882. The Morgan fingerprint density at radius 3 is 1.45 bits per heavy atom. The highest BCUT2D eigenvalue weighted by Gasteiger charge is 2.19. The van der Waals surface area contributed by atoms with Gasteiger partial charge >= 0.3 is 0 Å². The van der Waals surface area contributed by atoms with Gasteiger partial charge in [-0.2, -0.15) is 0 Å². The lowest BCUT2D eigenvalue weighted by Crippen LogP contribution is -2.09. The van der Waals surface area contributed by atoms with Crippen LogP contribution >= 0.6 is 0 Å². The molecular weight excluding hydrogens is 679 g/mol. The first kappa shape index (κ1) is 33.2. The van der Waals surface area contributed by atoms with Crippen molar-refractivity contribution in [3.05, 3.63) is 224 Å². The molecule has 0 fully saturated rings. The Bertz CT molecular complexity index is 2920. The Labute approximate surface area is 327 Å². The van der Waals surface area contributed by atoms with Crippen molar-refractivity contribution in [3.63, 3.8) is 0 Å². The molecule has 0 aliphatic heterocycles. The zero-order valence-electron chi connectivity index (χ0n) is 30.7. The van der Waals surface area contributed by atoms with Crippen LogP contribution in [0.15, 0.2) is 229 Å². The maximum Gasteiger partial charge on any atom is 0.143 e. The van der Waals surface area contributed by atoms with E-state index in [0.29, 0.717) is 0 Å². The van der Waals surface area contributed by atoms with Gasteiger partial charge in [0.25, 0.3) is 0 Å². The van der Waals surface area contributed by atoms with E-state index < -0.39 is 0 Å². The van der Waals surface area contributed by atoms with E-state index in [4.69, 9.17) is 4.42 Å². The molecule has 0 bridgehead atoms. The molecule has 0 saturated carbocycles. The van der Waals surface area contributed by atoms with Crippen molar-refractivity contribution in [2.24, 2.45) is 0 Å². The molecule has 56 heavy (non-hydrogen) atoms. The molecule has 10 rings (SSSR count). The summed E-state index contributed by atoms with van der Waals surface area (Å²) >= 11 is 0. The number of fused-ring (bicyclic) bond motifs is 2. The van der Waals surface area contributed by atoms with E-state index in [1.54, 1.807) is 0 Å². The number of hydrogen-bond acceptors (Lipinski definition) is 2. The number of anilines is 3. The molecule has 1 aromatic heterocycles. The second-order valence-electron chi connectivity index (χ2n) is 14.1. The van der Waals surface area contributed by atoms with E-state index in [1.807, 2.05) is 12.1 Å². The Hall–Kier alpha value is -7.42. The van der Waals surface area contributed by atoms with E-state index in [1.165, 1.54) is 33.0 Å². The first-order valence-electron chi connectivity index (χ1n) is 19.1. The maximum atomic E-state index is 6.57. The van der Waals surface area contributed by atoms with Gasteiger partial charge in [-0.15, -0.1) is 0 Å². The first-order chi connectivity index (χ1) is 27.8. The summed E-state index contributed by atoms with van der Waals surface area (Å²) in [6.45, 7) is 0. The van der Waals surface area contributed by atoms with Crippen molar-refractivity contribution in [2.45, 2.75) is 0 Å². The zero-order chi connectivity index (χ0) is 37.3. The van der Waals surface area contributed by atoms with Gasteiger partial charge in [0, 0.05) is 33.6 Å². The number of para-hydroxylation sites is 1. The van der Waals surface area contributed by atoms with Crippen LogP contribution in [0.25, 0.3) is 77.6 Å². The lowest BCUT2D eigenvalue weighted by molar-refractivity contribution is 0.632. The molecule has 0 aliphatic carbocycles. The highest BCUT2D eigenvalue weighted by Crippen LogP contribution is 2.43. The molecule has 0 amide bonds. The van der Waals surface area contributed by atoms with Crippen LogP contribution in [0.5, 0.6) is 0 Å². The van der Waals surface area contributed by atoms with Gasteiger partial charge in [-0.1, -0.05) is 176 Å². The molecule has 264 valence electrons. The van der Waals surface area contributed by atoms with Crippen LogP contribution < -0.4 is 4.90 Å². The monoisotopic (exact) mass is 715 g/mol. The summed E-state index contributed by atoms with van der Waals surface area (Å²) in [4.78, 5) is 2.34. The van der Waals surface area contributed by atoms with Crippen LogP contribution in [0.2, 0.25) is 0 Å². The van der Waals surface area contributed by atoms with Crippen LogP contribution in [-0.2, 0) is 0 Å². The van der Waals surface area contributed by atoms with Crippen LogP contribution in [-0.4, -0.2) is 0 Å². The lowest BCUT2D eigenvalue weighted by Gasteiger charge is -2.26. The fourth-order valence-corrected chi connectivity index (χ4v) is 7.93. The Morgan fingerprint density at radius 1 is 0.304 bits per heavy atom. The van der Waals surface area contributed by atoms with E-state index >= 15 is 0 Å². The Balaban J connectivity index is 1.02. The third kappa shape index (κ3) is 6.24. The van der Waals surface area contributed by atoms with E-state index in [2.05, 4.69) is 217 Å². The minimum atomic E-state index is 0.882. The van der Waals surface area contributed by atoms with Gasteiger partial charge in [0.15, 0.2) is 0 Å². The summed E-state index contributed by atoms with van der Waals surface area (Å²) in [5.41, 5.74) is 14.6. The average molecular weight is 716 g/mol. The predicted molar refractivity (Wildman–Crippen MR) is 236 cm³/mol. The third-order valence-corrected chi connectivity index (χ3v) is 10.7. The number of rotatable bonds is 8. The molecule has 0 N–H and O–H groups in total. The molecule has 0 spiro atoms. The van der Waals surface area contributed by atoms with E-state index in [-0.39, 0.29) is 0 Å². The smallest absolute Gasteiger partial charge is 0.143 e. The highest BCUT2D eigenvalue weighted by molar-refractivity contribution is 6.02. The Morgan fingerprint density at radius 2 is 0.768 bits per heavy atom. The topological polar surface area (TPSA) is 16.4 Å². The van der Waals surface area contributed by atoms with Crippen LogP contribution in [0.3, 0.4) is 0 Å². The standard InChI is InChI=1S/C54H37NO/c1-3-13-38(14-4-1)39-25-31-46(32-26-39)55(48-35-29-42(30-36-48)50-23-12-18-41-15-7-8-21-49(41)50)47-33-27-40(28-34-47)44-19-11-20-45(37-44)54-53(43-16-5-2-6-17-43)51-22-9-10-24-52(51)56-54/h1-37H. The van der Waals surface area contributed by atoms with Gasteiger partial charge in [0.1, 0.15) is 11.3 Å². The van der Waals surface area contributed by atoms with Crippen molar-refractivity contribution < 1.29 is 4.42 Å². The van der Waals surface area contributed by atoms with Crippen molar-refractivity contribution in [1.29, 1.82) is 0 Å². The molecule has 9 aromatic carbocycles. The fraction of sp³-hybridized carbons (Fsp3) is 0. The van der Waals surface area contributed by atoms with Crippen molar-refractivity contribution >= 4 is 38.8 Å². The van der Waals surface area contributed by atoms with Gasteiger partial charge in [0.2, 0.25) is 0 Å². The number of furan rings is 1. The quantitative estimate of drug-likeness (QED) is 0.156. The highest BCUT2D eigenvalue weighted by atomic mass is 16.3. The molecule has 0 unspecified atom stereocenters. The van der Waals surface area contributed by atoms with Crippen molar-refractivity contribution in [2.75, 3.05) is 4.90 Å². The summed E-state index contributed by atoms with van der Waals surface area (Å²) in [5, 5.41) is 3.62. The lowest BCUT2D eigenvalue weighted by atomic mass is 9.96. The molecule has 1 heterocycles. The summed E-state index contributed by atoms with van der Waals surface area (Å²) in [6.07, 6.45) is 0. The minimum Gasteiger partial charge on any atom is -0.455 e. The predicted octanol–water partition coefficient (Wildman–Crippen LogP) is 15.4. The van der Waals surface area contributed by atoms with Gasteiger partial charge in [-0.05, 0) is 98.2 Å². The molecule has 10 aromatic rings. The van der Waals surface area contributed by atoms with Crippen molar-refractivity contribution in [1.82, 2.24) is 0 Å². The second kappa shape index (κ2) is 14.4. The van der Waals surface area contributed by atoms with E-state index in [0.717, 1.165) is 61.6 Å². The van der Waals surface area contributed by atoms with Gasteiger partial charge < -0.3 is 9.32 Å². The molecule has 0 atom stereocenters. The number of benzene rings is 9. The molecule has 0 radical (unpaired) electrons. The van der Waals surface area contributed by atoms with Crippen LogP contribution in [0, 0.1) is 0 Å². The zero-order valence-corrected chi connectivity index (χ0v) is 30.7. The molecule has 2 heteroatoms. The SMILES string of the molecule is c1ccc(-c2ccc(N(c3ccc(-c4cccc(-c5oc6ccccc6c5-c5ccccc5)c4)cc3)c3ccc(-c4cccc5ccccc45)cc3)cc2)cc1. The third-order valence-electron chi connectivity index (χ3n) is 10.7. The van der Waals surface area contributed by atoms with E-state index in [9.17, 15) is 0 Å². The Kier molecular flexibility index (Phi) is 8.55. The second-order valence-corrected chi connectivity index (χ2v) is 14.1. The van der Waals surface area contributed by atoms with Gasteiger partial charge in [-0.3, -0.25) is 0 Å². The molecule has 0 saturated heterocycles. The summed E-state index contributed by atoms with van der Waals surface area (Å²) in [7, 11) is 0. The average Bonchev–Trinajstić information content (AvgIpc) is 3.68. The summed E-state index contributed by atoms with van der Waals surface area (Å²) in [6, 6.07) is 79.9. The summed E-state index contributed by atoms with van der Waals surface area (Å²) < 4.78 is 6.57. The molecular formula is C54H37NO. The normalized spacial score (nSPS) is 11.2. The van der Waals surface area contributed by atoms with Crippen molar-refractivity contribution in [3.8, 4) is 55.8 Å². The maximum absolute atomic E-state index is 6.57. The number of hydrogen-bond donors (Lipinski definition) is 0.